The number of benzene rings is 1. The van der Waals surface area contributed by atoms with Crippen molar-refractivity contribution in [2.45, 2.75) is 82.8 Å². The van der Waals surface area contributed by atoms with Crippen molar-refractivity contribution in [1.29, 1.82) is 0 Å². The third kappa shape index (κ3) is 5.91. The molecule has 0 bridgehead atoms. The maximum atomic E-state index is 11.0. The Morgan fingerprint density at radius 2 is 1.94 bits per heavy atom. The van der Waals surface area contributed by atoms with Crippen LogP contribution in [0.2, 0.25) is 0 Å². The summed E-state index contributed by atoms with van der Waals surface area (Å²) >= 11 is 6.58. The van der Waals surface area contributed by atoms with Crippen molar-refractivity contribution in [2.24, 2.45) is 23.2 Å². The van der Waals surface area contributed by atoms with Gasteiger partial charge in [0.1, 0.15) is 0 Å². The molecular weight excluding hydrogens is 412 g/mol. The molecular formula is C26H37ClO4. The van der Waals surface area contributed by atoms with Crippen LogP contribution in [0.15, 0.2) is 36.4 Å². The highest BCUT2D eigenvalue weighted by Gasteiger charge is 2.43. The Bertz CT molecular complexity index is 753. The Morgan fingerprint density at radius 1 is 1.26 bits per heavy atom. The standard InChI is InChI=1S/C26H37ClO4/c1-17(2)16-26(13-4-14-26)24(29)6-3-5-21-20(22(27)15-23(21)28)12-9-18-7-10-19(11-8-18)25(30)31/h3,5,7-8,10-11,17,20-24,28-29H,4,6,9,12-16H2,1-2H3,(H,30,31)/b5-3+/t20-,21-,22-,23-,24?/m1/s1. The predicted octanol–water partition coefficient (Wildman–Crippen LogP) is 5.45. The van der Waals surface area contributed by atoms with Gasteiger partial charge < -0.3 is 15.3 Å². The monoisotopic (exact) mass is 448 g/mol. The molecule has 2 aliphatic carbocycles. The number of carboxylic acid groups (broad SMARTS) is 1. The number of carboxylic acids is 1. The number of rotatable bonds is 10. The molecule has 1 aromatic carbocycles. The van der Waals surface area contributed by atoms with E-state index in [0.29, 0.717) is 18.8 Å². The summed E-state index contributed by atoms with van der Waals surface area (Å²) in [6.07, 6.45) is 10.7. The van der Waals surface area contributed by atoms with Gasteiger partial charge in [0.15, 0.2) is 0 Å². The fraction of sp³-hybridized carbons (Fsp3) is 0.654. The molecule has 0 amide bonds. The molecule has 0 heterocycles. The maximum Gasteiger partial charge on any atom is 0.335 e. The smallest absolute Gasteiger partial charge is 0.335 e. The molecule has 2 fully saturated rings. The van der Waals surface area contributed by atoms with E-state index in [-0.39, 0.29) is 34.3 Å². The van der Waals surface area contributed by atoms with Crippen LogP contribution in [0, 0.1) is 23.2 Å². The molecule has 31 heavy (non-hydrogen) atoms. The van der Waals surface area contributed by atoms with E-state index in [2.05, 4.69) is 26.0 Å². The Morgan fingerprint density at radius 3 is 2.48 bits per heavy atom. The molecule has 5 heteroatoms. The first-order chi connectivity index (χ1) is 14.7. The van der Waals surface area contributed by atoms with Crippen LogP contribution >= 0.6 is 11.6 Å². The van der Waals surface area contributed by atoms with Gasteiger partial charge in [-0.15, -0.1) is 11.6 Å². The van der Waals surface area contributed by atoms with Crippen LogP contribution in [-0.2, 0) is 6.42 Å². The minimum atomic E-state index is -0.921. The molecule has 0 saturated heterocycles. The fourth-order valence-electron chi connectivity index (χ4n) is 5.61. The zero-order valence-corrected chi connectivity index (χ0v) is 19.5. The first-order valence-corrected chi connectivity index (χ1v) is 12.1. The number of hydrogen-bond donors (Lipinski definition) is 3. The van der Waals surface area contributed by atoms with Crippen LogP contribution in [-0.4, -0.2) is 38.9 Å². The van der Waals surface area contributed by atoms with Gasteiger partial charge in [-0.25, -0.2) is 4.79 Å². The van der Waals surface area contributed by atoms with E-state index in [1.807, 2.05) is 12.1 Å². The molecule has 0 spiro atoms. The van der Waals surface area contributed by atoms with Crippen molar-refractivity contribution >= 4 is 17.6 Å². The van der Waals surface area contributed by atoms with Crippen molar-refractivity contribution in [3.63, 3.8) is 0 Å². The van der Waals surface area contributed by atoms with Gasteiger partial charge in [0.05, 0.1) is 17.8 Å². The summed E-state index contributed by atoms with van der Waals surface area (Å²) in [4.78, 5) is 11.0. The number of halogens is 1. The molecule has 172 valence electrons. The molecule has 3 rings (SSSR count). The summed E-state index contributed by atoms with van der Waals surface area (Å²) in [6, 6.07) is 6.97. The van der Waals surface area contributed by atoms with E-state index < -0.39 is 12.1 Å². The third-order valence-corrected chi connectivity index (χ3v) is 7.93. The lowest BCUT2D eigenvalue weighted by molar-refractivity contribution is -0.0473. The highest BCUT2D eigenvalue weighted by molar-refractivity contribution is 6.21. The molecule has 2 saturated carbocycles. The lowest BCUT2D eigenvalue weighted by Crippen LogP contribution is -2.42. The lowest BCUT2D eigenvalue weighted by atomic mass is 9.60. The summed E-state index contributed by atoms with van der Waals surface area (Å²) < 4.78 is 0. The minimum absolute atomic E-state index is 0.00423. The first kappa shape index (κ1) is 24.3. The van der Waals surface area contributed by atoms with Gasteiger partial charge in [-0.3, -0.25) is 0 Å². The molecule has 0 radical (unpaired) electrons. The average molecular weight is 449 g/mol. The molecule has 1 aromatic rings. The summed E-state index contributed by atoms with van der Waals surface area (Å²) in [5, 5.41) is 30.4. The van der Waals surface area contributed by atoms with E-state index in [1.165, 1.54) is 6.42 Å². The number of hydrogen-bond acceptors (Lipinski definition) is 3. The van der Waals surface area contributed by atoms with Gasteiger partial charge in [-0.05, 0) is 79.9 Å². The van der Waals surface area contributed by atoms with Crippen molar-refractivity contribution in [3.05, 3.63) is 47.5 Å². The molecule has 4 nitrogen and oxygen atoms in total. The van der Waals surface area contributed by atoms with Gasteiger partial charge in [-0.1, -0.05) is 44.6 Å². The summed E-state index contributed by atoms with van der Waals surface area (Å²) in [6.45, 7) is 4.44. The topological polar surface area (TPSA) is 77.8 Å². The maximum absolute atomic E-state index is 11.0. The van der Waals surface area contributed by atoms with E-state index in [9.17, 15) is 15.0 Å². The van der Waals surface area contributed by atoms with Crippen LogP contribution in [0.5, 0.6) is 0 Å². The molecule has 0 aromatic heterocycles. The van der Waals surface area contributed by atoms with Gasteiger partial charge in [0.2, 0.25) is 0 Å². The second-order valence-corrected chi connectivity index (χ2v) is 10.7. The number of carbonyl (C=O) groups is 1. The van der Waals surface area contributed by atoms with Crippen LogP contribution < -0.4 is 0 Å². The quantitative estimate of drug-likeness (QED) is 0.328. The van der Waals surface area contributed by atoms with Gasteiger partial charge in [0.25, 0.3) is 0 Å². The zero-order chi connectivity index (χ0) is 22.6. The van der Waals surface area contributed by atoms with E-state index >= 15 is 0 Å². The largest absolute Gasteiger partial charge is 0.478 e. The second-order valence-electron chi connectivity index (χ2n) is 10.1. The van der Waals surface area contributed by atoms with Crippen molar-refractivity contribution in [1.82, 2.24) is 0 Å². The highest BCUT2D eigenvalue weighted by Crippen LogP contribution is 2.49. The fourth-order valence-corrected chi connectivity index (χ4v) is 6.09. The molecule has 3 N–H and O–H groups in total. The number of aliphatic hydroxyl groups excluding tert-OH is 2. The van der Waals surface area contributed by atoms with E-state index in [0.717, 1.165) is 37.7 Å². The Hall–Kier alpha value is -1.36. The molecule has 2 aliphatic rings. The van der Waals surface area contributed by atoms with E-state index in [4.69, 9.17) is 16.7 Å². The number of alkyl halides is 1. The summed E-state index contributed by atoms with van der Waals surface area (Å²) in [5.74, 6) is -0.176. The Labute approximate surface area is 191 Å². The highest BCUT2D eigenvalue weighted by atomic mass is 35.5. The van der Waals surface area contributed by atoms with Crippen LogP contribution in [0.25, 0.3) is 0 Å². The van der Waals surface area contributed by atoms with Gasteiger partial charge in [-0.2, -0.15) is 0 Å². The van der Waals surface area contributed by atoms with E-state index in [1.54, 1.807) is 12.1 Å². The number of aromatic carboxylic acids is 1. The Balaban J connectivity index is 1.57. The van der Waals surface area contributed by atoms with Gasteiger partial charge >= 0.3 is 5.97 Å². The third-order valence-electron chi connectivity index (χ3n) is 7.43. The number of aryl methyl sites for hydroxylation is 1. The normalized spacial score (nSPS) is 28.7. The average Bonchev–Trinajstić information content (AvgIpc) is 2.95. The van der Waals surface area contributed by atoms with Crippen LogP contribution in [0.4, 0.5) is 0 Å². The summed E-state index contributed by atoms with van der Waals surface area (Å²) in [7, 11) is 0. The van der Waals surface area contributed by atoms with Crippen molar-refractivity contribution in [3.8, 4) is 0 Å². The minimum Gasteiger partial charge on any atom is -0.478 e. The SMILES string of the molecule is CC(C)CC1(C(O)C/C=C/[C@@H]2[C@@H](CCc3ccc(C(=O)O)cc3)[C@H](Cl)C[C@H]2O)CCC1. The summed E-state index contributed by atoms with van der Waals surface area (Å²) in [5.41, 5.74) is 1.44. The van der Waals surface area contributed by atoms with Crippen molar-refractivity contribution in [2.75, 3.05) is 0 Å². The molecule has 5 atom stereocenters. The second kappa shape index (κ2) is 10.5. The molecule has 1 unspecified atom stereocenters. The van der Waals surface area contributed by atoms with Crippen molar-refractivity contribution < 1.29 is 20.1 Å². The lowest BCUT2D eigenvalue weighted by Gasteiger charge is -2.46. The number of aliphatic hydroxyl groups is 2. The predicted molar refractivity (Wildman–Crippen MR) is 124 cm³/mol. The Kier molecular flexibility index (Phi) is 8.23. The molecule has 0 aliphatic heterocycles. The first-order valence-electron chi connectivity index (χ1n) is 11.7. The zero-order valence-electron chi connectivity index (χ0n) is 18.7. The van der Waals surface area contributed by atoms with Crippen LogP contribution in [0.1, 0.15) is 74.7 Å². The van der Waals surface area contributed by atoms with Crippen LogP contribution in [0.3, 0.4) is 0 Å². The van der Waals surface area contributed by atoms with Gasteiger partial charge in [0, 0.05) is 11.3 Å².